The van der Waals surface area contributed by atoms with Crippen molar-refractivity contribution >= 4 is 11.0 Å². The Hall–Kier alpha value is -2.26. The van der Waals surface area contributed by atoms with Gasteiger partial charge in [0.15, 0.2) is 0 Å². The number of rotatable bonds is 4. The van der Waals surface area contributed by atoms with Crippen LogP contribution in [0.15, 0.2) is 59.2 Å². The summed E-state index contributed by atoms with van der Waals surface area (Å²) < 4.78 is 10.8. The summed E-state index contributed by atoms with van der Waals surface area (Å²) in [7, 11) is 1.67. The van der Waals surface area contributed by atoms with Gasteiger partial charge in [-0.1, -0.05) is 30.3 Å². The topological polar surface area (TPSA) is 48.4 Å². The SMILES string of the molecule is COc1cccc(CC(N)c2coc3ccccc23)c1. The van der Waals surface area contributed by atoms with Gasteiger partial charge < -0.3 is 14.9 Å². The van der Waals surface area contributed by atoms with E-state index in [1.54, 1.807) is 13.4 Å². The molecule has 0 saturated heterocycles. The molecule has 0 fully saturated rings. The van der Waals surface area contributed by atoms with E-state index in [1.165, 1.54) is 0 Å². The monoisotopic (exact) mass is 267 g/mol. The highest BCUT2D eigenvalue weighted by Crippen LogP contribution is 2.27. The number of ether oxygens (including phenoxy) is 1. The van der Waals surface area contributed by atoms with Gasteiger partial charge in [0.25, 0.3) is 0 Å². The number of hydrogen-bond donors (Lipinski definition) is 1. The first-order valence-electron chi connectivity index (χ1n) is 6.62. The maximum atomic E-state index is 6.33. The quantitative estimate of drug-likeness (QED) is 0.784. The second-order valence-electron chi connectivity index (χ2n) is 4.85. The number of para-hydroxylation sites is 1. The van der Waals surface area contributed by atoms with E-state index in [2.05, 4.69) is 6.07 Å². The van der Waals surface area contributed by atoms with E-state index in [1.807, 2.05) is 42.5 Å². The molecule has 1 heterocycles. The number of benzene rings is 2. The van der Waals surface area contributed by atoms with E-state index in [-0.39, 0.29) is 6.04 Å². The number of nitrogens with two attached hydrogens (primary N) is 1. The first kappa shape index (κ1) is 12.8. The van der Waals surface area contributed by atoms with Crippen LogP contribution in [0.25, 0.3) is 11.0 Å². The summed E-state index contributed by atoms with van der Waals surface area (Å²) in [5, 5.41) is 1.09. The predicted octanol–water partition coefficient (Wildman–Crippen LogP) is 3.68. The second kappa shape index (κ2) is 5.39. The smallest absolute Gasteiger partial charge is 0.134 e. The van der Waals surface area contributed by atoms with Gasteiger partial charge in [0.05, 0.1) is 13.4 Å². The highest BCUT2D eigenvalue weighted by molar-refractivity contribution is 5.81. The van der Waals surface area contributed by atoms with Gasteiger partial charge in [0, 0.05) is 17.0 Å². The maximum Gasteiger partial charge on any atom is 0.134 e. The van der Waals surface area contributed by atoms with Crippen molar-refractivity contribution < 1.29 is 9.15 Å². The Morgan fingerprint density at radius 2 is 2.00 bits per heavy atom. The molecule has 0 spiro atoms. The average Bonchev–Trinajstić information content (AvgIpc) is 2.91. The molecule has 3 heteroatoms. The van der Waals surface area contributed by atoms with Gasteiger partial charge in [-0.25, -0.2) is 0 Å². The van der Waals surface area contributed by atoms with E-state index in [4.69, 9.17) is 14.9 Å². The van der Waals surface area contributed by atoms with E-state index >= 15 is 0 Å². The molecule has 0 amide bonds. The van der Waals surface area contributed by atoms with Crippen LogP contribution in [0.4, 0.5) is 0 Å². The lowest BCUT2D eigenvalue weighted by Gasteiger charge is -2.11. The van der Waals surface area contributed by atoms with Crippen molar-refractivity contribution in [3.05, 3.63) is 65.9 Å². The molecule has 1 atom stereocenters. The fourth-order valence-electron chi connectivity index (χ4n) is 2.45. The Balaban J connectivity index is 1.87. The van der Waals surface area contributed by atoms with Crippen LogP contribution in [0.2, 0.25) is 0 Å². The van der Waals surface area contributed by atoms with Crippen LogP contribution in [-0.2, 0) is 6.42 Å². The third-order valence-corrected chi connectivity index (χ3v) is 3.50. The van der Waals surface area contributed by atoms with Crippen molar-refractivity contribution in [3.63, 3.8) is 0 Å². The Bertz CT molecular complexity index is 718. The minimum Gasteiger partial charge on any atom is -0.497 e. The van der Waals surface area contributed by atoms with Gasteiger partial charge in [-0.05, 0) is 30.2 Å². The molecule has 3 nitrogen and oxygen atoms in total. The zero-order valence-corrected chi connectivity index (χ0v) is 11.4. The summed E-state index contributed by atoms with van der Waals surface area (Å²) in [6.45, 7) is 0. The summed E-state index contributed by atoms with van der Waals surface area (Å²) in [5.41, 5.74) is 9.41. The zero-order valence-electron chi connectivity index (χ0n) is 11.4. The Morgan fingerprint density at radius 3 is 2.85 bits per heavy atom. The molecule has 1 unspecified atom stereocenters. The number of furan rings is 1. The summed E-state index contributed by atoms with van der Waals surface area (Å²) in [5.74, 6) is 0.853. The van der Waals surface area contributed by atoms with Gasteiger partial charge in [-0.2, -0.15) is 0 Å². The fraction of sp³-hybridized carbons (Fsp3) is 0.176. The predicted molar refractivity (Wildman–Crippen MR) is 79.8 cm³/mol. The summed E-state index contributed by atoms with van der Waals surface area (Å²) in [6, 6.07) is 15.9. The molecular weight excluding hydrogens is 250 g/mol. The third-order valence-electron chi connectivity index (χ3n) is 3.50. The highest BCUT2D eigenvalue weighted by atomic mass is 16.5. The Kier molecular flexibility index (Phi) is 3.44. The van der Waals surface area contributed by atoms with E-state index < -0.39 is 0 Å². The normalized spacial score (nSPS) is 12.5. The van der Waals surface area contributed by atoms with Crippen LogP contribution in [0.1, 0.15) is 17.2 Å². The molecule has 102 valence electrons. The summed E-state index contributed by atoms with van der Waals surface area (Å²) in [6.07, 6.45) is 2.51. The summed E-state index contributed by atoms with van der Waals surface area (Å²) in [4.78, 5) is 0. The number of hydrogen-bond acceptors (Lipinski definition) is 3. The molecule has 1 aromatic heterocycles. The molecule has 0 saturated carbocycles. The lowest BCUT2D eigenvalue weighted by atomic mass is 9.99. The molecule has 0 aliphatic carbocycles. The summed E-state index contributed by atoms with van der Waals surface area (Å²) >= 11 is 0. The molecule has 0 aliphatic heterocycles. The Labute approximate surface area is 118 Å². The van der Waals surface area contributed by atoms with Crippen LogP contribution in [0, 0.1) is 0 Å². The molecule has 2 aromatic carbocycles. The van der Waals surface area contributed by atoms with E-state index in [0.29, 0.717) is 0 Å². The highest BCUT2D eigenvalue weighted by Gasteiger charge is 2.13. The van der Waals surface area contributed by atoms with E-state index in [9.17, 15) is 0 Å². The molecule has 3 aromatic rings. The van der Waals surface area contributed by atoms with Crippen molar-refractivity contribution in [1.82, 2.24) is 0 Å². The fourth-order valence-corrected chi connectivity index (χ4v) is 2.45. The Morgan fingerprint density at radius 1 is 1.15 bits per heavy atom. The van der Waals surface area contributed by atoms with Gasteiger partial charge in [0.1, 0.15) is 11.3 Å². The van der Waals surface area contributed by atoms with Crippen LogP contribution in [0.3, 0.4) is 0 Å². The largest absolute Gasteiger partial charge is 0.497 e. The molecule has 0 bridgehead atoms. The molecule has 0 radical (unpaired) electrons. The number of fused-ring (bicyclic) bond motifs is 1. The lowest BCUT2D eigenvalue weighted by Crippen LogP contribution is -2.12. The van der Waals surface area contributed by atoms with Crippen LogP contribution < -0.4 is 10.5 Å². The van der Waals surface area contributed by atoms with Gasteiger partial charge in [0.2, 0.25) is 0 Å². The average molecular weight is 267 g/mol. The first-order valence-corrected chi connectivity index (χ1v) is 6.62. The minimum atomic E-state index is -0.0919. The van der Waals surface area contributed by atoms with Gasteiger partial charge in [-0.3, -0.25) is 0 Å². The zero-order chi connectivity index (χ0) is 13.9. The number of methoxy groups -OCH3 is 1. The van der Waals surface area contributed by atoms with Crippen molar-refractivity contribution in [2.45, 2.75) is 12.5 Å². The minimum absolute atomic E-state index is 0.0919. The molecule has 3 rings (SSSR count). The molecular formula is C17H17NO2. The lowest BCUT2D eigenvalue weighted by molar-refractivity contribution is 0.414. The third kappa shape index (κ3) is 2.40. The molecule has 2 N–H and O–H groups in total. The van der Waals surface area contributed by atoms with Crippen molar-refractivity contribution in [2.75, 3.05) is 7.11 Å². The first-order chi connectivity index (χ1) is 9.78. The van der Waals surface area contributed by atoms with Crippen LogP contribution in [-0.4, -0.2) is 7.11 Å². The van der Waals surface area contributed by atoms with Crippen molar-refractivity contribution in [2.24, 2.45) is 5.73 Å². The van der Waals surface area contributed by atoms with Gasteiger partial charge >= 0.3 is 0 Å². The standard InChI is InChI=1S/C17H17NO2/c1-19-13-6-4-5-12(9-13)10-16(18)15-11-20-17-8-3-2-7-14(15)17/h2-9,11,16H,10,18H2,1H3. The second-order valence-corrected chi connectivity index (χ2v) is 4.85. The van der Waals surface area contributed by atoms with Crippen LogP contribution >= 0.6 is 0 Å². The van der Waals surface area contributed by atoms with Crippen molar-refractivity contribution in [3.8, 4) is 5.75 Å². The molecule has 20 heavy (non-hydrogen) atoms. The molecule has 0 aliphatic rings. The van der Waals surface area contributed by atoms with E-state index in [0.717, 1.165) is 34.3 Å². The maximum absolute atomic E-state index is 6.33. The van der Waals surface area contributed by atoms with Crippen molar-refractivity contribution in [1.29, 1.82) is 0 Å². The van der Waals surface area contributed by atoms with Gasteiger partial charge in [-0.15, -0.1) is 0 Å². The van der Waals surface area contributed by atoms with Crippen LogP contribution in [0.5, 0.6) is 5.75 Å².